The molecular formula is C9H14FN3. The standard InChI is InChI=1S/C9H14FN3/c1-13-5-4-12-8(13)9(10)3-2-7(11)6-9/h4-5,7H,2-3,6,11H2,1H3. The van der Waals surface area contributed by atoms with E-state index in [1.54, 1.807) is 17.0 Å². The maximum Gasteiger partial charge on any atom is 0.169 e. The van der Waals surface area contributed by atoms with Crippen LogP contribution in [-0.4, -0.2) is 15.6 Å². The average molecular weight is 183 g/mol. The summed E-state index contributed by atoms with van der Waals surface area (Å²) in [5.74, 6) is 0.514. The molecular weight excluding hydrogens is 169 g/mol. The lowest BCUT2D eigenvalue weighted by molar-refractivity contribution is 0.154. The van der Waals surface area contributed by atoms with Gasteiger partial charge in [0, 0.05) is 31.9 Å². The monoisotopic (exact) mass is 183 g/mol. The van der Waals surface area contributed by atoms with Crippen molar-refractivity contribution < 1.29 is 4.39 Å². The minimum atomic E-state index is -1.29. The highest BCUT2D eigenvalue weighted by Gasteiger charge is 2.42. The molecule has 1 heterocycles. The number of alkyl halides is 1. The van der Waals surface area contributed by atoms with Gasteiger partial charge in [-0.1, -0.05) is 0 Å². The van der Waals surface area contributed by atoms with Gasteiger partial charge in [-0.2, -0.15) is 0 Å². The molecule has 0 aliphatic heterocycles. The number of rotatable bonds is 1. The summed E-state index contributed by atoms with van der Waals surface area (Å²) in [6.07, 6.45) is 5.04. The van der Waals surface area contributed by atoms with Gasteiger partial charge < -0.3 is 10.3 Å². The van der Waals surface area contributed by atoms with Crippen LogP contribution >= 0.6 is 0 Å². The van der Waals surface area contributed by atoms with Crippen LogP contribution in [0.3, 0.4) is 0 Å². The van der Waals surface area contributed by atoms with E-state index in [9.17, 15) is 4.39 Å². The lowest BCUT2D eigenvalue weighted by atomic mass is 10.0. The zero-order chi connectivity index (χ0) is 9.47. The van der Waals surface area contributed by atoms with Crippen molar-refractivity contribution >= 4 is 0 Å². The smallest absolute Gasteiger partial charge is 0.169 e. The quantitative estimate of drug-likeness (QED) is 0.708. The SMILES string of the molecule is Cn1ccnc1C1(F)CCC(N)C1. The molecule has 13 heavy (non-hydrogen) atoms. The highest BCUT2D eigenvalue weighted by molar-refractivity contribution is 5.09. The van der Waals surface area contributed by atoms with Crippen molar-refractivity contribution in [1.29, 1.82) is 0 Å². The predicted molar refractivity (Wildman–Crippen MR) is 47.8 cm³/mol. The van der Waals surface area contributed by atoms with Crippen LogP contribution in [-0.2, 0) is 12.7 Å². The van der Waals surface area contributed by atoms with Gasteiger partial charge in [0.1, 0.15) is 5.82 Å². The minimum absolute atomic E-state index is 0.0123. The average Bonchev–Trinajstić information content (AvgIpc) is 2.59. The Kier molecular flexibility index (Phi) is 1.87. The number of hydrogen-bond acceptors (Lipinski definition) is 2. The summed E-state index contributed by atoms with van der Waals surface area (Å²) in [6.45, 7) is 0. The normalized spacial score (nSPS) is 33.9. The number of halogens is 1. The van der Waals surface area contributed by atoms with E-state index in [4.69, 9.17) is 5.73 Å². The molecule has 1 aliphatic carbocycles. The van der Waals surface area contributed by atoms with Gasteiger partial charge in [0.15, 0.2) is 5.67 Å². The largest absolute Gasteiger partial charge is 0.335 e. The summed E-state index contributed by atoms with van der Waals surface area (Å²) >= 11 is 0. The first-order chi connectivity index (χ1) is 6.12. The third-order valence-electron chi connectivity index (χ3n) is 2.72. The van der Waals surface area contributed by atoms with Crippen LogP contribution in [0.4, 0.5) is 4.39 Å². The maximum absolute atomic E-state index is 14.2. The minimum Gasteiger partial charge on any atom is -0.335 e. The van der Waals surface area contributed by atoms with E-state index < -0.39 is 5.67 Å². The topological polar surface area (TPSA) is 43.8 Å². The highest BCUT2D eigenvalue weighted by Crippen LogP contribution is 2.40. The molecule has 4 heteroatoms. The fourth-order valence-corrected chi connectivity index (χ4v) is 2.03. The molecule has 0 radical (unpaired) electrons. The van der Waals surface area contributed by atoms with E-state index >= 15 is 0 Å². The molecule has 3 nitrogen and oxygen atoms in total. The number of nitrogens with two attached hydrogens (primary N) is 1. The van der Waals surface area contributed by atoms with Gasteiger partial charge in [0.25, 0.3) is 0 Å². The molecule has 0 amide bonds. The van der Waals surface area contributed by atoms with Crippen LogP contribution in [0, 0.1) is 0 Å². The molecule has 1 fully saturated rings. The molecule has 1 aromatic heterocycles. The van der Waals surface area contributed by atoms with E-state index in [0.717, 1.165) is 6.42 Å². The Morgan fingerprint density at radius 2 is 2.54 bits per heavy atom. The summed E-state index contributed by atoms with van der Waals surface area (Å²) in [5, 5.41) is 0. The van der Waals surface area contributed by atoms with E-state index in [-0.39, 0.29) is 6.04 Å². The Morgan fingerprint density at radius 3 is 3.00 bits per heavy atom. The maximum atomic E-state index is 14.2. The molecule has 0 bridgehead atoms. The van der Waals surface area contributed by atoms with Crippen LogP contribution in [0.5, 0.6) is 0 Å². The second kappa shape index (κ2) is 2.80. The summed E-state index contributed by atoms with van der Waals surface area (Å²) in [4.78, 5) is 4.04. The number of hydrogen-bond donors (Lipinski definition) is 1. The van der Waals surface area contributed by atoms with Crippen molar-refractivity contribution in [1.82, 2.24) is 9.55 Å². The first-order valence-electron chi connectivity index (χ1n) is 4.54. The molecule has 2 N–H and O–H groups in total. The van der Waals surface area contributed by atoms with Crippen molar-refractivity contribution in [2.24, 2.45) is 12.8 Å². The van der Waals surface area contributed by atoms with Crippen molar-refractivity contribution in [3.05, 3.63) is 18.2 Å². The molecule has 2 unspecified atom stereocenters. The predicted octanol–water partition coefficient (Wildman–Crippen LogP) is 1.10. The molecule has 0 aromatic carbocycles. The van der Waals surface area contributed by atoms with Crippen molar-refractivity contribution in [3.8, 4) is 0 Å². The van der Waals surface area contributed by atoms with E-state index in [1.807, 2.05) is 7.05 Å². The summed E-state index contributed by atoms with van der Waals surface area (Å²) in [5.41, 5.74) is 4.40. The number of aromatic nitrogens is 2. The molecule has 1 aliphatic rings. The van der Waals surface area contributed by atoms with Crippen LogP contribution < -0.4 is 5.73 Å². The molecule has 72 valence electrons. The van der Waals surface area contributed by atoms with Crippen molar-refractivity contribution in [2.75, 3.05) is 0 Å². The molecule has 2 atom stereocenters. The Hall–Kier alpha value is -0.900. The van der Waals surface area contributed by atoms with Gasteiger partial charge in [0.05, 0.1) is 0 Å². The Morgan fingerprint density at radius 1 is 1.77 bits per heavy atom. The van der Waals surface area contributed by atoms with E-state index in [1.165, 1.54) is 0 Å². The van der Waals surface area contributed by atoms with Crippen LogP contribution in [0.1, 0.15) is 25.1 Å². The number of nitrogens with zero attached hydrogens (tertiary/aromatic N) is 2. The fraction of sp³-hybridized carbons (Fsp3) is 0.667. The molecule has 2 rings (SSSR count). The Bertz CT molecular complexity index is 310. The molecule has 1 saturated carbocycles. The van der Waals surface area contributed by atoms with Gasteiger partial charge in [-0.25, -0.2) is 9.37 Å². The Labute approximate surface area is 76.8 Å². The zero-order valence-electron chi connectivity index (χ0n) is 7.70. The molecule has 0 spiro atoms. The first kappa shape index (κ1) is 8.69. The first-order valence-corrected chi connectivity index (χ1v) is 4.54. The fourth-order valence-electron chi connectivity index (χ4n) is 2.03. The number of imidazole rings is 1. The summed E-state index contributed by atoms with van der Waals surface area (Å²) < 4.78 is 16.0. The highest BCUT2D eigenvalue weighted by atomic mass is 19.1. The van der Waals surface area contributed by atoms with Gasteiger partial charge >= 0.3 is 0 Å². The molecule has 0 saturated heterocycles. The molecule has 1 aromatic rings. The van der Waals surface area contributed by atoms with E-state index in [2.05, 4.69) is 4.98 Å². The van der Waals surface area contributed by atoms with Gasteiger partial charge in [-0.3, -0.25) is 0 Å². The number of aryl methyl sites for hydroxylation is 1. The lowest BCUT2D eigenvalue weighted by Crippen LogP contribution is -2.24. The summed E-state index contributed by atoms with van der Waals surface area (Å²) in [7, 11) is 1.81. The third kappa shape index (κ3) is 1.35. The van der Waals surface area contributed by atoms with E-state index in [0.29, 0.717) is 18.7 Å². The van der Waals surface area contributed by atoms with Crippen LogP contribution in [0.15, 0.2) is 12.4 Å². The van der Waals surface area contributed by atoms with Gasteiger partial charge in [0.2, 0.25) is 0 Å². The second-order valence-corrected chi connectivity index (χ2v) is 3.83. The van der Waals surface area contributed by atoms with Gasteiger partial charge in [-0.15, -0.1) is 0 Å². The van der Waals surface area contributed by atoms with Crippen LogP contribution in [0.2, 0.25) is 0 Å². The van der Waals surface area contributed by atoms with Crippen molar-refractivity contribution in [2.45, 2.75) is 31.0 Å². The van der Waals surface area contributed by atoms with Crippen LogP contribution in [0.25, 0.3) is 0 Å². The van der Waals surface area contributed by atoms with Gasteiger partial charge in [-0.05, 0) is 12.8 Å². The Balaban J connectivity index is 2.30. The second-order valence-electron chi connectivity index (χ2n) is 3.83. The third-order valence-corrected chi connectivity index (χ3v) is 2.72. The lowest BCUT2D eigenvalue weighted by Gasteiger charge is -2.18. The summed E-state index contributed by atoms with van der Waals surface area (Å²) in [6, 6.07) is -0.0123. The zero-order valence-corrected chi connectivity index (χ0v) is 7.70. The van der Waals surface area contributed by atoms with Crippen molar-refractivity contribution in [3.63, 3.8) is 0 Å².